The molecule has 0 radical (unpaired) electrons. The van der Waals surface area contributed by atoms with Crippen LogP contribution in [0.4, 0.5) is 20.2 Å². The molecule has 470 valence electrons. The fourth-order valence-corrected chi connectivity index (χ4v) is 12.2. The molecular formula is C65H68F2N4O16S2. The second-order valence-corrected chi connectivity index (χ2v) is 25.1. The first kappa shape index (κ1) is 64.9. The topological polar surface area (TPSA) is 260 Å². The molecular weight excluding hydrogens is 1190 g/mol. The Hall–Kier alpha value is -8.52. The van der Waals surface area contributed by atoms with Gasteiger partial charge >= 0.3 is 11.9 Å². The van der Waals surface area contributed by atoms with Crippen molar-refractivity contribution in [1.82, 2.24) is 10.6 Å². The molecule has 89 heavy (non-hydrogen) atoms. The molecule has 0 atom stereocenters. The number of nitrogens with zero attached hydrogens (tertiary/aromatic N) is 2. The normalized spacial score (nSPS) is 13.2. The number of hydrogen-bond donors (Lipinski definition) is 3. The van der Waals surface area contributed by atoms with E-state index < -0.39 is 43.6 Å². The molecule has 6 aromatic carbocycles. The number of carbonyl (C=O) groups is 4. The zero-order chi connectivity index (χ0) is 63.6. The SMILES string of the molecule is CNC(=O)c1c(-c2ccc(F)cc2)oc2cc(N(CCOCCOCc3ccccc3C(=O)O)S(C)(=O)=O)c(C3CC3)cc12.CNC(=O)c1c(-c2ccc(F)cc2)oc2cc(N(CCOCCOCc3ccccc3C(=O)OC)S(C)(=O)=O)c(C3CC3)cc12. The maximum absolute atomic E-state index is 13.6. The molecule has 2 heterocycles. The van der Waals surface area contributed by atoms with Gasteiger partial charge in [-0.15, -0.1) is 0 Å². The van der Waals surface area contributed by atoms with Crippen LogP contribution in [0.1, 0.15) is 101 Å². The van der Waals surface area contributed by atoms with Gasteiger partial charge in [0.1, 0.15) is 34.3 Å². The second-order valence-electron chi connectivity index (χ2n) is 21.3. The van der Waals surface area contributed by atoms with E-state index in [1.165, 1.54) is 84.4 Å². The van der Waals surface area contributed by atoms with Gasteiger partial charge in [0.15, 0.2) is 0 Å². The van der Waals surface area contributed by atoms with Gasteiger partial charge in [-0.3, -0.25) is 18.2 Å². The van der Waals surface area contributed by atoms with Gasteiger partial charge < -0.3 is 48.3 Å². The van der Waals surface area contributed by atoms with Gasteiger partial charge in [-0.25, -0.2) is 35.2 Å². The molecule has 0 aliphatic heterocycles. The van der Waals surface area contributed by atoms with E-state index in [2.05, 4.69) is 10.6 Å². The minimum atomic E-state index is -3.74. The molecule has 0 unspecified atom stereocenters. The zero-order valence-electron chi connectivity index (χ0n) is 49.6. The highest BCUT2D eigenvalue weighted by atomic mass is 32.2. The Labute approximate surface area is 513 Å². The minimum absolute atomic E-state index is 0.0275. The summed E-state index contributed by atoms with van der Waals surface area (Å²) >= 11 is 0. The number of amides is 2. The molecule has 0 spiro atoms. The average molecular weight is 1260 g/mol. The van der Waals surface area contributed by atoms with Gasteiger partial charge in [-0.2, -0.15) is 0 Å². The Kier molecular flexibility index (Phi) is 21.0. The lowest BCUT2D eigenvalue weighted by Crippen LogP contribution is -2.34. The van der Waals surface area contributed by atoms with E-state index in [1.807, 2.05) is 12.1 Å². The van der Waals surface area contributed by atoms with Crippen LogP contribution in [0.3, 0.4) is 0 Å². The highest BCUT2D eigenvalue weighted by Gasteiger charge is 2.35. The number of aromatic carboxylic acids is 1. The maximum Gasteiger partial charge on any atom is 0.338 e. The number of hydrogen-bond acceptors (Lipinski definition) is 15. The van der Waals surface area contributed by atoms with Crippen LogP contribution in [-0.2, 0) is 56.9 Å². The molecule has 24 heteroatoms. The monoisotopic (exact) mass is 1260 g/mol. The number of carboxylic acid groups (broad SMARTS) is 1. The molecule has 2 amide bonds. The van der Waals surface area contributed by atoms with Crippen molar-refractivity contribution < 1.29 is 82.4 Å². The molecule has 2 aliphatic carbocycles. The molecule has 10 rings (SSSR count). The van der Waals surface area contributed by atoms with E-state index in [0.29, 0.717) is 72.3 Å². The largest absolute Gasteiger partial charge is 0.478 e. The predicted molar refractivity (Wildman–Crippen MR) is 330 cm³/mol. The van der Waals surface area contributed by atoms with Crippen molar-refractivity contribution in [3.8, 4) is 22.6 Å². The summed E-state index contributed by atoms with van der Waals surface area (Å²) in [6.07, 6.45) is 5.80. The summed E-state index contributed by atoms with van der Waals surface area (Å²) in [5.74, 6) is -2.27. The number of carboxylic acids is 1. The van der Waals surface area contributed by atoms with Crippen LogP contribution < -0.4 is 19.2 Å². The van der Waals surface area contributed by atoms with Crippen LogP contribution >= 0.6 is 0 Å². The first-order valence-electron chi connectivity index (χ1n) is 28.6. The van der Waals surface area contributed by atoms with Crippen molar-refractivity contribution in [3.05, 3.63) is 177 Å². The number of esters is 1. The van der Waals surface area contributed by atoms with E-state index in [4.69, 9.17) is 32.5 Å². The second kappa shape index (κ2) is 28.8. The molecule has 8 aromatic rings. The first-order chi connectivity index (χ1) is 42.7. The number of rotatable bonds is 28. The van der Waals surface area contributed by atoms with E-state index in [-0.39, 0.29) is 107 Å². The lowest BCUT2D eigenvalue weighted by Gasteiger charge is -2.25. The lowest BCUT2D eigenvalue weighted by atomic mass is 10.0. The summed E-state index contributed by atoms with van der Waals surface area (Å²) in [6, 6.07) is 31.8. The zero-order valence-corrected chi connectivity index (χ0v) is 51.3. The Morgan fingerprint density at radius 3 is 1.30 bits per heavy atom. The molecule has 2 aliphatic rings. The van der Waals surface area contributed by atoms with Gasteiger partial charge in [0.2, 0.25) is 20.0 Å². The number of ether oxygens (including phenoxy) is 5. The van der Waals surface area contributed by atoms with E-state index in [1.54, 1.807) is 54.6 Å². The summed E-state index contributed by atoms with van der Waals surface area (Å²) in [5, 5.41) is 15.7. The highest BCUT2D eigenvalue weighted by molar-refractivity contribution is 7.92. The highest BCUT2D eigenvalue weighted by Crippen LogP contribution is 2.50. The van der Waals surface area contributed by atoms with Crippen LogP contribution in [0.2, 0.25) is 0 Å². The van der Waals surface area contributed by atoms with Crippen LogP contribution in [0.5, 0.6) is 0 Å². The van der Waals surface area contributed by atoms with Crippen LogP contribution in [0.15, 0.2) is 130 Å². The first-order valence-corrected chi connectivity index (χ1v) is 32.3. The number of anilines is 2. The van der Waals surface area contributed by atoms with Crippen molar-refractivity contribution in [1.29, 1.82) is 0 Å². The molecule has 2 saturated carbocycles. The smallest absolute Gasteiger partial charge is 0.338 e. The van der Waals surface area contributed by atoms with Crippen LogP contribution in [0.25, 0.3) is 44.6 Å². The van der Waals surface area contributed by atoms with E-state index in [9.17, 15) is 49.9 Å². The summed E-state index contributed by atoms with van der Waals surface area (Å²) in [4.78, 5) is 49.3. The lowest BCUT2D eigenvalue weighted by molar-refractivity contribution is 0.0422. The van der Waals surface area contributed by atoms with Crippen molar-refractivity contribution in [2.45, 2.75) is 50.7 Å². The van der Waals surface area contributed by atoms with E-state index in [0.717, 1.165) is 49.3 Å². The molecule has 2 aromatic heterocycles. The number of nitrogens with one attached hydrogen (secondary N) is 2. The summed E-state index contributed by atoms with van der Waals surface area (Å²) in [6.45, 7) is 1.34. The molecule has 2 fully saturated rings. The predicted octanol–water partition coefficient (Wildman–Crippen LogP) is 10.4. The molecule has 3 N–H and O–H groups in total. The molecule has 20 nitrogen and oxygen atoms in total. The summed E-state index contributed by atoms with van der Waals surface area (Å²) in [7, 11) is -3.12. The fraction of sp³-hybridized carbons (Fsp3) is 0.323. The molecule has 0 saturated heterocycles. The molecule has 0 bridgehead atoms. The van der Waals surface area contributed by atoms with Gasteiger partial charge in [-0.05, 0) is 133 Å². The number of sulfonamides is 2. The Bertz CT molecular complexity index is 4110. The number of methoxy groups -OCH3 is 1. The van der Waals surface area contributed by atoms with Crippen molar-refractivity contribution in [2.75, 3.05) is 95.1 Å². The van der Waals surface area contributed by atoms with Gasteiger partial charge in [-0.1, -0.05) is 36.4 Å². The van der Waals surface area contributed by atoms with Crippen molar-refractivity contribution >= 4 is 77.1 Å². The number of carbonyl (C=O) groups excluding carboxylic acids is 3. The standard InChI is InChI=1S/C33H35FN2O8S.C32H33FN2O8S/c1-35-32(37)30-27-18-26(21-8-9-21)28(19-29(27)44-31(30)22-10-12-24(34)13-11-22)36(45(3,39)40)14-15-42-16-17-43-20-23-6-4-5-7-25(23)33(38)41-2;1-34-31(36)29-26-17-25(20-7-8-20)27(18-28(26)43-30(29)21-9-11-23(33)12-10-21)35(44(2,39)40)13-14-41-15-16-42-19-22-5-3-4-6-24(22)32(37)38/h4-7,10-13,18-19,21H,8-9,14-17,20H2,1-3H3,(H,35,37);3-6,9-12,17-18,20H,7-8,13-16,19H2,1-2H3,(H,34,36)(H,37,38). The number of halogens is 2. The third kappa shape index (κ3) is 15.9. The fourth-order valence-electron chi connectivity index (χ4n) is 10.3. The quantitative estimate of drug-likeness (QED) is 0.0304. The van der Waals surface area contributed by atoms with Gasteiger partial charge in [0.25, 0.3) is 11.8 Å². The minimum Gasteiger partial charge on any atom is -0.478 e. The Morgan fingerprint density at radius 2 is 0.933 bits per heavy atom. The summed E-state index contributed by atoms with van der Waals surface area (Å²) < 4.78 is 122. The van der Waals surface area contributed by atoms with Crippen molar-refractivity contribution in [3.63, 3.8) is 0 Å². The van der Waals surface area contributed by atoms with Crippen molar-refractivity contribution in [2.24, 2.45) is 0 Å². The summed E-state index contributed by atoms with van der Waals surface area (Å²) in [5.41, 5.74) is 6.64. The third-order valence-electron chi connectivity index (χ3n) is 15.0. The number of furan rings is 2. The Balaban J connectivity index is 0.000000211. The van der Waals surface area contributed by atoms with Crippen LogP contribution in [-0.4, -0.2) is 132 Å². The number of fused-ring (bicyclic) bond motifs is 2. The van der Waals surface area contributed by atoms with Gasteiger partial charge in [0, 0.05) is 48.1 Å². The maximum atomic E-state index is 13.6. The van der Waals surface area contributed by atoms with Gasteiger partial charge in [0.05, 0.1) is 119 Å². The van der Waals surface area contributed by atoms with E-state index >= 15 is 0 Å². The Morgan fingerprint density at radius 1 is 0.551 bits per heavy atom. The van der Waals surface area contributed by atoms with Crippen LogP contribution in [0, 0.1) is 11.6 Å². The average Bonchev–Trinajstić information content (AvgIpc) is 1.65. The third-order valence-corrected chi connectivity index (χ3v) is 17.3. The number of benzene rings is 6.